The number of aromatic carboxylic acids is 2. The highest BCUT2D eigenvalue weighted by molar-refractivity contribution is 5.95. The molecular formula is C18H22O6. The molecule has 6 heteroatoms. The predicted octanol–water partition coefficient (Wildman–Crippen LogP) is 3.61. The van der Waals surface area contributed by atoms with Crippen molar-refractivity contribution in [1.82, 2.24) is 0 Å². The van der Waals surface area contributed by atoms with E-state index in [0.29, 0.717) is 11.1 Å². The Bertz CT molecular complexity index is 580. The normalized spacial score (nSPS) is 12.8. The van der Waals surface area contributed by atoms with Gasteiger partial charge in [-0.05, 0) is 23.3 Å². The van der Waals surface area contributed by atoms with Gasteiger partial charge in [-0.15, -0.1) is 0 Å². The molecule has 1 aromatic carbocycles. The lowest BCUT2D eigenvalue weighted by Crippen LogP contribution is -2.19. The highest BCUT2D eigenvalue weighted by atomic mass is 16.5. The molecule has 0 amide bonds. The summed E-state index contributed by atoms with van der Waals surface area (Å²) in [4.78, 5) is 23.2. The maximum Gasteiger partial charge on any atom is 0.335 e. The lowest BCUT2D eigenvalue weighted by atomic mass is 9.82. The first kappa shape index (κ1) is 19.3. The zero-order valence-electron chi connectivity index (χ0n) is 13.8. The molecule has 1 aromatic rings. The fraction of sp³-hybridized carbons (Fsp3) is 0.333. The van der Waals surface area contributed by atoms with Gasteiger partial charge in [0.1, 0.15) is 0 Å². The number of hydrogen-bond acceptors (Lipinski definition) is 4. The molecule has 6 nitrogen and oxygen atoms in total. The third-order valence-electron chi connectivity index (χ3n) is 3.66. The van der Waals surface area contributed by atoms with Gasteiger partial charge in [-0.2, -0.15) is 0 Å². The zero-order valence-corrected chi connectivity index (χ0v) is 13.8. The maximum absolute atomic E-state index is 11.6. The van der Waals surface area contributed by atoms with E-state index in [0.717, 1.165) is 0 Å². The summed E-state index contributed by atoms with van der Waals surface area (Å²) in [7, 11) is 0. The van der Waals surface area contributed by atoms with Crippen LogP contribution in [0.25, 0.3) is 0 Å². The van der Waals surface area contributed by atoms with Crippen molar-refractivity contribution in [3.8, 4) is 0 Å². The minimum atomic E-state index is -1.12. The number of ether oxygens (including phenoxy) is 2. The molecule has 0 saturated heterocycles. The van der Waals surface area contributed by atoms with Crippen molar-refractivity contribution in [2.45, 2.75) is 25.7 Å². The van der Waals surface area contributed by atoms with Crippen molar-refractivity contribution < 1.29 is 29.3 Å². The van der Waals surface area contributed by atoms with Crippen LogP contribution in [-0.4, -0.2) is 35.4 Å². The summed E-state index contributed by atoms with van der Waals surface area (Å²) >= 11 is 0. The lowest BCUT2D eigenvalue weighted by Gasteiger charge is -2.24. The van der Waals surface area contributed by atoms with Crippen molar-refractivity contribution in [2.24, 2.45) is 0 Å². The Hall–Kier alpha value is -2.76. The van der Waals surface area contributed by atoms with Crippen LogP contribution in [0.5, 0.6) is 0 Å². The number of carboxylic acid groups (broad SMARTS) is 2. The third-order valence-corrected chi connectivity index (χ3v) is 3.66. The minimum absolute atomic E-state index is 0.0561. The molecule has 0 aliphatic carbocycles. The number of rotatable bonds is 10. The molecule has 0 heterocycles. The van der Waals surface area contributed by atoms with Gasteiger partial charge in [-0.25, -0.2) is 9.59 Å². The molecule has 2 N–H and O–H groups in total. The quantitative estimate of drug-likeness (QED) is 0.635. The second kappa shape index (κ2) is 8.76. The molecule has 2 atom stereocenters. The summed E-state index contributed by atoms with van der Waals surface area (Å²) in [6, 6.07) is 2.63. The van der Waals surface area contributed by atoms with Crippen LogP contribution >= 0.6 is 0 Å². The van der Waals surface area contributed by atoms with Gasteiger partial charge >= 0.3 is 11.9 Å². The van der Waals surface area contributed by atoms with Crippen molar-refractivity contribution in [3.05, 3.63) is 60.1 Å². The summed E-state index contributed by atoms with van der Waals surface area (Å²) in [5.74, 6) is -2.92. The SMILES string of the molecule is C=COCC(C)c1c(C(=O)O)ccc(C(=O)O)c1C(C)COC=C. The Morgan fingerprint density at radius 3 is 1.54 bits per heavy atom. The Kier molecular flexibility index (Phi) is 7.04. The van der Waals surface area contributed by atoms with Crippen molar-refractivity contribution in [3.63, 3.8) is 0 Å². The first-order valence-electron chi connectivity index (χ1n) is 7.43. The summed E-state index contributed by atoms with van der Waals surface area (Å²) in [6.07, 6.45) is 2.53. The fourth-order valence-corrected chi connectivity index (χ4v) is 2.66. The molecule has 0 aromatic heterocycles. The highest BCUT2D eigenvalue weighted by Gasteiger charge is 2.27. The van der Waals surface area contributed by atoms with Crippen LogP contribution < -0.4 is 0 Å². The van der Waals surface area contributed by atoms with Gasteiger partial charge in [0.15, 0.2) is 0 Å². The van der Waals surface area contributed by atoms with E-state index in [-0.39, 0.29) is 36.2 Å². The predicted molar refractivity (Wildman–Crippen MR) is 89.5 cm³/mol. The maximum atomic E-state index is 11.6. The Labute approximate surface area is 141 Å². The highest BCUT2D eigenvalue weighted by Crippen LogP contribution is 2.33. The van der Waals surface area contributed by atoms with Gasteiger partial charge in [0, 0.05) is 11.8 Å². The third kappa shape index (κ3) is 4.38. The Morgan fingerprint density at radius 1 is 0.958 bits per heavy atom. The standard InChI is InChI=1S/C18H22O6/c1-5-23-9-11(3)15-13(17(19)20)7-8-14(18(21)22)16(15)12(4)10-24-6-2/h5-8,11-12H,1-2,9-10H2,3-4H3,(H,19,20)(H,21,22). The molecule has 0 fully saturated rings. The fourth-order valence-electron chi connectivity index (χ4n) is 2.66. The average Bonchev–Trinajstić information content (AvgIpc) is 2.55. The van der Waals surface area contributed by atoms with Crippen LogP contribution in [0.3, 0.4) is 0 Å². The Balaban J connectivity index is 3.58. The summed E-state index contributed by atoms with van der Waals surface area (Å²) < 4.78 is 10.4. The molecule has 24 heavy (non-hydrogen) atoms. The van der Waals surface area contributed by atoms with Crippen LogP contribution in [0.1, 0.15) is 57.5 Å². The zero-order chi connectivity index (χ0) is 18.3. The molecule has 0 bridgehead atoms. The molecule has 0 radical (unpaired) electrons. The second-order valence-electron chi connectivity index (χ2n) is 5.40. The van der Waals surface area contributed by atoms with Crippen molar-refractivity contribution in [1.29, 1.82) is 0 Å². The van der Waals surface area contributed by atoms with E-state index in [1.807, 2.05) is 0 Å². The van der Waals surface area contributed by atoms with Crippen molar-refractivity contribution >= 4 is 11.9 Å². The summed E-state index contributed by atoms with van der Waals surface area (Å²) in [6.45, 7) is 10.9. The van der Waals surface area contributed by atoms with Crippen LogP contribution in [0.2, 0.25) is 0 Å². The van der Waals surface area contributed by atoms with Crippen molar-refractivity contribution in [2.75, 3.05) is 13.2 Å². The van der Waals surface area contributed by atoms with E-state index in [1.165, 1.54) is 24.7 Å². The Morgan fingerprint density at radius 2 is 1.29 bits per heavy atom. The van der Waals surface area contributed by atoms with Crippen LogP contribution in [0.4, 0.5) is 0 Å². The largest absolute Gasteiger partial charge is 0.501 e. The first-order chi connectivity index (χ1) is 11.3. The van der Waals surface area contributed by atoms with E-state index in [9.17, 15) is 19.8 Å². The molecule has 130 valence electrons. The molecule has 2 unspecified atom stereocenters. The van der Waals surface area contributed by atoms with Crippen LogP contribution in [0.15, 0.2) is 37.8 Å². The van der Waals surface area contributed by atoms with Gasteiger partial charge in [0.05, 0.1) is 36.9 Å². The monoisotopic (exact) mass is 334 g/mol. The van der Waals surface area contributed by atoms with Gasteiger partial charge in [-0.1, -0.05) is 27.0 Å². The van der Waals surface area contributed by atoms with E-state index in [1.54, 1.807) is 13.8 Å². The van der Waals surface area contributed by atoms with Gasteiger partial charge in [-0.3, -0.25) is 0 Å². The van der Waals surface area contributed by atoms with E-state index in [4.69, 9.17) is 9.47 Å². The molecule has 0 aliphatic rings. The lowest BCUT2D eigenvalue weighted by molar-refractivity contribution is 0.0677. The number of benzene rings is 1. The van der Waals surface area contributed by atoms with Gasteiger partial charge in [0.2, 0.25) is 0 Å². The number of carbonyl (C=O) groups is 2. The van der Waals surface area contributed by atoms with Crippen LogP contribution in [-0.2, 0) is 9.47 Å². The number of carboxylic acids is 2. The molecular weight excluding hydrogens is 312 g/mol. The second-order valence-corrected chi connectivity index (χ2v) is 5.40. The minimum Gasteiger partial charge on any atom is -0.501 e. The average molecular weight is 334 g/mol. The summed E-state index contributed by atoms with van der Waals surface area (Å²) in [5, 5.41) is 19.0. The molecule has 0 saturated carbocycles. The van der Waals surface area contributed by atoms with Gasteiger partial charge < -0.3 is 19.7 Å². The molecule has 0 spiro atoms. The van der Waals surface area contributed by atoms with E-state index in [2.05, 4.69) is 13.2 Å². The smallest absolute Gasteiger partial charge is 0.335 e. The molecule has 1 rings (SSSR count). The van der Waals surface area contributed by atoms with Crippen LogP contribution in [0, 0.1) is 0 Å². The van der Waals surface area contributed by atoms with Gasteiger partial charge in [0.25, 0.3) is 0 Å². The first-order valence-corrected chi connectivity index (χ1v) is 7.43. The molecule has 0 aliphatic heterocycles. The van der Waals surface area contributed by atoms with E-state index < -0.39 is 11.9 Å². The van der Waals surface area contributed by atoms with E-state index >= 15 is 0 Å². The summed E-state index contributed by atoms with van der Waals surface area (Å²) in [5.41, 5.74) is 0.982. The topological polar surface area (TPSA) is 93.1 Å². The number of hydrogen-bond donors (Lipinski definition) is 2.